The first-order valence-corrected chi connectivity index (χ1v) is 6.07. The van der Waals surface area contributed by atoms with Crippen LogP contribution in [-0.4, -0.2) is 21.1 Å². The molecule has 1 amide bonds. The lowest BCUT2D eigenvalue weighted by atomic mass is 9.96. The van der Waals surface area contributed by atoms with Crippen molar-refractivity contribution in [2.45, 2.75) is 26.2 Å². The molecule has 0 saturated carbocycles. The van der Waals surface area contributed by atoms with Gasteiger partial charge in [-0.3, -0.25) is 9.89 Å². The Morgan fingerprint density at radius 2 is 1.76 bits per heavy atom. The number of amides is 1. The van der Waals surface area contributed by atoms with Gasteiger partial charge in [-0.2, -0.15) is 0 Å². The van der Waals surface area contributed by atoms with Gasteiger partial charge in [-0.15, -0.1) is 5.10 Å². The van der Waals surface area contributed by atoms with Gasteiger partial charge >= 0.3 is 0 Å². The average Bonchev–Trinajstić information content (AvgIpc) is 2.85. The molecule has 5 nitrogen and oxygen atoms in total. The molecule has 0 aliphatic carbocycles. The topological polar surface area (TPSA) is 70.7 Å². The van der Waals surface area contributed by atoms with E-state index in [1.165, 1.54) is 0 Å². The lowest BCUT2D eigenvalue weighted by molar-refractivity contribution is 0.101. The zero-order valence-corrected chi connectivity index (χ0v) is 11.6. The summed E-state index contributed by atoms with van der Waals surface area (Å²) in [5.41, 5.74) is -0.557. The maximum atomic E-state index is 13.0. The molecule has 1 aromatic carbocycles. The first kappa shape index (κ1) is 15.0. The Labute approximate surface area is 118 Å². The number of carbonyl (C=O) groups excluding carboxylic acids is 1. The fourth-order valence-electron chi connectivity index (χ4n) is 1.51. The van der Waals surface area contributed by atoms with Crippen LogP contribution in [0.5, 0.6) is 0 Å². The molecule has 2 rings (SSSR count). The van der Waals surface area contributed by atoms with Crippen molar-refractivity contribution < 1.29 is 18.0 Å². The van der Waals surface area contributed by atoms with E-state index < -0.39 is 23.4 Å². The zero-order chi connectivity index (χ0) is 15.8. The summed E-state index contributed by atoms with van der Waals surface area (Å²) in [6, 6.07) is 1.35. The Kier molecular flexibility index (Phi) is 3.71. The van der Waals surface area contributed by atoms with E-state index in [0.29, 0.717) is 18.0 Å². The third-order valence-corrected chi connectivity index (χ3v) is 2.64. The highest BCUT2D eigenvalue weighted by Crippen LogP contribution is 2.19. The molecule has 8 heteroatoms. The Morgan fingerprint density at radius 1 is 1.19 bits per heavy atom. The summed E-state index contributed by atoms with van der Waals surface area (Å²) < 4.78 is 38.9. The van der Waals surface area contributed by atoms with Gasteiger partial charge in [0.1, 0.15) is 5.82 Å². The second kappa shape index (κ2) is 5.19. The first-order chi connectivity index (χ1) is 9.68. The first-order valence-electron chi connectivity index (χ1n) is 6.07. The molecule has 0 saturated heterocycles. The van der Waals surface area contributed by atoms with Crippen LogP contribution in [0.1, 0.15) is 37.2 Å². The van der Waals surface area contributed by atoms with Crippen molar-refractivity contribution in [3.05, 3.63) is 41.2 Å². The van der Waals surface area contributed by atoms with Crippen molar-refractivity contribution in [1.29, 1.82) is 0 Å². The average molecular weight is 298 g/mol. The summed E-state index contributed by atoms with van der Waals surface area (Å²) in [4.78, 5) is 15.9. The highest BCUT2D eigenvalue weighted by molar-refractivity contribution is 6.01. The minimum Gasteiger partial charge on any atom is -0.319 e. The Balaban J connectivity index is 2.20. The SMILES string of the molecule is CC(C)(C)c1nc(C(=O)Nc2cc(F)c(F)c(F)c2)n[nH]1. The summed E-state index contributed by atoms with van der Waals surface area (Å²) in [6.45, 7) is 5.62. The summed E-state index contributed by atoms with van der Waals surface area (Å²) in [5, 5.41) is 8.55. The fraction of sp³-hybridized carbons (Fsp3) is 0.308. The van der Waals surface area contributed by atoms with E-state index in [4.69, 9.17) is 0 Å². The maximum Gasteiger partial charge on any atom is 0.295 e. The van der Waals surface area contributed by atoms with Crippen LogP contribution in [0.3, 0.4) is 0 Å². The predicted octanol–water partition coefficient (Wildman–Crippen LogP) is 2.77. The number of H-pyrrole nitrogens is 1. The van der Waals surface area contributed by atoms with Gasteiger partial charge in [0.05, 0.1) is 0 Å². The smallest absolute Gasteiger partial charge is 0.295 e. The third kappa shape index (κ3) is 3.21. The molecule has 0 fully saturated rings. The van der Waals surface area contributed by atoms with Crippen molar-refractivity contribution in [3.8, 4) is 0 Å². The summed E-state index contributed by atoms with van der Waals surface area (Å²) in [7, 11) is 0. The van der Waals surface area contributed by atoms with Gasteiger partial charge in [-0.05, 0) is 0 Å². The molecule has 0 bridgehead atoms. The van der Waals surface area contributed by atoms with Crippen LogP contribution in [0.4, 0.5) is 18.9 Å². The molecule has 0 aliphatic rings. The molecule has 0 aliphatic heterocycles. The van der Waals surface area contributed by atoms with Crippen molar-refractivity contribution in [3.63, 3.8) is 0 Å². The minimum atomic E-state index is -1.60. The lowest BCUT2D eigenvalue weighted by Crippen LogP contribution is -2.16. The van der Waals surface area contributed by atoms with Crippen molar-refractivity contribution >= 4 is 11.6 Å². The second-order valence-corrected chi connectivity index (χ2v) is 5.47. The quantitative estimate of drug-likeness (QED) is 0.837. The van der Waals surface area contributed by atoms with Gasteiger partial charge in [0.25, 0.3) is 5.91 Å². The number of nitrogens with one attached hydrogen (secondary N) is 2. The molecule has 0 unspecified atom stereocenters. The van der Waals surface area contributed by atoms with Crippen LogP contribution in [0, 0.1) is 17.5 Å². The molecule has 0 radical (unpaired) electrons. The molecule has 112 valence electrons. The van der Waals surface area contributed by atoms with Crippen LogP contribution in [-0.2, 0) is 5.41 Å². The minimum absolute atomic E-state index is 0.176. The van der Waals surface area contributed by atoms with Gasteiger partial charge < -0.3 is 5.32 Å². The predicted molar refractivity (Wildman–Crippen MR) is 69.4 cm³/mol. The van der Waals surface area contributed by atoms with E-state index in [9.17, 15) is 18.0 Å². The third-order valence-electron chi connectivity index (χ3n) is 2.64. The maximum absolute atomic E-state index is 13.0. The number of halogens is 3. The highest BCUT2D eigenvalue weighted by Gasteiger charge is 2.21. The lowest BCUT2D eigenvalue weighted by Gasteiger charge is -2.12. The van der Waals surface area contributed by atoms with Gasteiger partial charge in [-0.1, -0.05) is 20.8 Å². The number of anilines is 1. The zero-order valence-electron chi connectivity index (χ0n) is 11.6. The molecular formula is C13H13F3N4O. The van der Waals surface area contributed by atoms with E-state index in [1.54, 1.807) is 0 Å². The van der Waals surface area contributed by atoms with E-state index in [0.717, 1.165) is 0 Å². The van der Waals surface area contributed by atoms with Crippen molar-refractivity contribution in [2.75, 3.05) is 5.32 Å². The number of hydrogen-bond acceptors (Lipinski definition) is 3. The molecule has 0 spiro atoms. The van der Waals surface area contributed by atoms with Crippen molar-refractivity contribution in [1.82, 2.24) is 15.2 Å². The second-order valence-electron chi connectivity index (χ2n) is 5.47. The van der Waals surface area contributed by atoms with Crippen LogP contribution < -0.4 is 5.32 Å². The molecule has 2 N–H and O–H groups in total. The summed E-state index contributed by atoms with van der Waals surface area (Å²) in [5.74, 6) is -4.83. The Bertz CT molecular complexity index is 668. The number of aromatic nitrogens is 3. The number of rotatable bonds is 2. The van der Waals surface area contributed by atoms with Gasteiger partial charge in [0, 0.05) is 23.2 Å². The van der Waals surface area contributed by atoms with E-state index in [-0.39, 0.29) is 16.9 Å². The molecular weight excluding hydrogens is 285 g/mol. The van der Waals surface area contributed by atoms with Crippen LogP contribution in [0.25, 0.3) is 0 Å². The van der Waals surface area contributed by atoms with Crippen LogP contribution in [0.2, 0.25) is 0 Å². The van der Waals surface area contributed by atoms with E-state index in [2.05, 4.69) is 20.5 Å². The monoisotopic (exact) mass is 298 g/mol. The largest absolute Gasteiger partial charge is 0.319 e. The molecule has 1 heterocycles. The van der Waals surface area contributed by atoms with E-state index in [1.807, 2.05) is 20.8 Å². The Hall–Kier alpha value is -2.38. The number of nitrogens with zero attached hydrogens (tertiary/aromatic N) is 2. The molecule has 0 atom stereocenters. The highest BCUT2D eigenvalue weighted by atomic mass is 19.2. The number of benzene rings is 1. The number of aromatic amines is 1. The van der Waals surface area contributed by atoms with Gasteiger partial charge in [-0.25, -0.2) is 18.2 Å². The summed E-state index contributed by atoms with van der Waals surface area (Å²) in [6.07, 6.45) is 0. The van der Waals surface area contributed by atoms with Gasteiger partial charge in [0.15, 0.2) is 17.5 Å². The van der Waals surface area contributed by atoms with Gasteiger partial charge in [0.2, 0.25) is 5.82 Å². The Morgan fingerprint density at radius 3 is 2.24 bits per heavy atom. The standard InChI is InChI=1S/C13H13F3N4O/c1-13(2,3)12-18-10(19-20-12)11(21)17-6-4-7(14)9(16)8(15)5-6/h4-5H,1-3H3,(H,17,21)(H,18,19,20). The van der Waals surface area contributed by atoms with Crippen molar-refractivity contribution in [2.24, 2.45) is 0 Å². The molecule has 2 aromatic rings. The van der Waals surface area contributed by atoms with Crippen LogP contribution in [0.15, 0.2) is 12.1 Å². The molecule has 21 heavy (non-hydrogen) atoms. The summed E-state index contributed by atoms with van der Waals surface area (Å²) >= 11 is 0. The van der Waals surface area contributed by atoms with Crippen LogP contribution >= 0.6 is 0 Å². The normalized spacial score (nSPS) is 11.5. The van der Waals surface area contributed by atoms with E-state index >= 15 is 0 Å². The molecule has 1 aromatic heterocycles. The fourth-order valence-corrected chi connectivity index (χ4v) is 1.51. The number of carbonyl (C=O) groups is 1. The number of hydrogen-bond donors (Lipinski definition) is 2.